The molecule has 34 heavy (non-hydrogen) atoms. The van der Waals surface area contributed by atoms with Gasteiger partial charge in [0.25, 0.3) is 0 Å². The van der Waals surface area contributed by atoms with Crippen LogP contribution >= 0.6 is 11.3 Å². The van der Waals surface area contributed by atoms with E-state index in [9.17, 15) is 8.42 Å². The maximum atomic E-state index is 13.1. The first-order valence-electron chi connectivity index (χ1n) is 10.4. The monoisotopic (exact) mass is 500 g/mol. The van der Waals surface area contributed by atoms with Crippen LogP contribution in [0.4, 0.5) is 0 Å². The van der Waals surface area contributed by atoms with Gasteiger partial charge in [0, 0.05) is 29.9 Å². The lowest BCUT2D eigenvalue weighted by Gasteiger charge is -2.16. The molecule has 0 radical (unpaired) electrons. The Kier molecular flexibility index (Phi) is 6.89. The topological polar surface area (TPSA) is 122 Å². The second kappa shape index (κ2) is 9.85. The van der Waals surface area contributed by atoms with Crippen LogP contribution in [-0.4, -0.2) is 58.1 Å². The van der Waals surface area contributed by atoms with Gasteiger partial charge in [-0.2, -0.15) is 0 Å². The van der Waals surface area contributed by atoms with Crippen molar-refractivity contribution in [3.8, 4) is 28.0 Å². The fourth-order valence-electron chi connectivity index (χ4n) is 3.36. The predicted molar refractivity (Wildman–Crippen MR) is 128 cm³/mol. The summed E-state index contributed by atoms with van der Waals surface area (Å²) in [4.78, 5) is 12.9. The van der Waals surface area contributed by atoms with Crippen LogP contribution < -0.4 is 9.47 Å². The Morgan fingerprint density at radius 2 is 1.71 bits per heavy atom. The maximum Gasteiger partial charge on any atom is 0.197 e. The van der Waals surface area contributed by atoms with E-state index in [0.717, 1.165) is 11.3 Å². The molecule has 10 nitrogen and oxygen atoms in total. The third-order valence-corrected chi connectivity index (χ3v) is 7.47. The molecule has 12 heteroatoms. The van der Waals surface area contributed by atoms with Crippen LogP contribution in [0.1, 0.15) is 22.9 Å². The summed E-state index contributed by atoms with van der Waals surface area (Å²) >= 11 is 1.40. The highest BCUT2D eigenvalue weighted by molar-refractivity contribution is 7.90. The highest BCUT2D eigenvalue weighted by atomic mass is 32.2. The van der Waals surface area contributed by atoms with Crippen molar-refractivity contribution < 1.29 is 17.9 Å². The number of thiazole rings is 1. The molecule has 0 aliphatic heterocycles. The lowest BCUT2D eigenvalue weighted by Crippen LogP contribution is -2.16. The zero-order chi connectivity index (χ0) is 24.3. The molecule has 0 saturated heterocycles. The predicted octanol–water partition coefficient (Wildman–Crippen LogP) is 2.97. The molecular formula is C22H24N6O4S2. The van der Waals surface area contributed by atoms with Gasteiger partial charge < -0.3 is 9.47 Å². The van der Waals surface area contributed by atoms with Crippen molar-refractivity contribution in [2.45, 2.75) is 26.0 Å². The van der Waals surface area contributed by atoms with E-state index in [4.69, 9.17) is 9.47 Å². The molecule has 0 amide bonds. The molecule has 1 aromatic carbocycles. The normalized spacial score (nSPS) is 11.5. The van der Waals surface area contributed by atoms with Crippen LogP contribution in [0.5, 0.6) is 11.5 Å². The Morgan fingerprint density at radius 3 is 2.29 bits per heavy atom. The molecule has 0 N–H and O–H groups in total. The van der Waals surface area contributed by atoms with Crippen molar-refractivity contribution in [2.24, 2.45) is 0 Å². The van der Waals surface area contributed by atoms with Crippen LogP contribution in [0.25, 0.3) is 16.5 Å². The van der Waals surface area contributed by atoms with E-state index in [-0.39, 0.29) is 23.8 Å². The van der Waals surface area contributed by atoms with Gasteiger partial charge in [-0.1, -0.05) is 6.07 Å². The summed E-state index contributed by atoms with van der Waals surface area (Å²) in [5.41, 5.74) is 2.25. The van der Waals surface area contributed by atoms with E-state index in [1.165, 1.54) is 25.6 Å². The van der Waals surface area contributed by atoms with Crippen molar-refractivity contribution >= 4 is 21.2 Å². The number of aromatic nitrogens is 6. The van der Waals surface area contributed by atoms with E-state index in [2.05, 4.69) is 25.1 Å². The van der Waals surface area contributed by atoms with Crippen LogP contribution in [0, 0.1) is 13.8 Å². The standard InChI is InChI=1S/C22H24N6O4S2/c1-14-10-23-18(24-11-14)8-9-34(29,30)13-19-26-27-21(22-25-15(2)12-33-22)28(19)20-16(31-3)6-5-7-17(20)32-4/h5-7,10-12H,8-9,13H2,1-4H3. The van der Waals surface area contributed by atoms with E-state index >= 15 is 0 Å². The fourth-order valence-corrected chi connectivity index (χ4v) is 5.34. The molecule has 3 aromatic heterocycles. The van der Waals surface area contributed by atoms with E-state index in [1.807, 2.05) is 19.2 Å². The van der Waals surface area contributed by atoms with Crippen LogP contribution in [0.3, 0.4) is 0 Å². The second-order valence-corrected chi connectivity index (χ2v) is 10.6. The molecule has 0 fully saturated rings. The smallest absolute Gasteiger partial charge is 0.197 e. The number of rotatable bonds is 9. The van der Waals surface area contributed by atoms with Gasteiger partial charge in [0.15, 0.2) is 26.5 Å². The van der Waals surface area contributed by atoms with Crippen molar-refractivity contribution in [2.75, 3.05) is 20.0 Å². The lowest BCUT2D eigenvalue weighted by atomic mass is 10.2. The minimum absolute atomic E-state index is 0.127. The zero-order valence-electron chi connectivity index (χ0n) is 19.2. The largest absolute Gasteiger partial charge is 0.494 e. The van der Waals surface area contributed by atoms with Gasteiger partial charge in [0.05, 0.1) is 20.0 Å². The third kappa shape index (κ3) is 5.07. The van der Waals surface area contributed by atoms with Gasteiger partial charge in [-0.25, -0.2) is 23.4 Å². The number of para-hydroxylation sites is 1. The van der Waals surface area contributed by atoms with E-state index < -0.39 is 9.84 Å². The number of benzene rings is 1. The molecule has 0 aliphatic rings. The van der Waals surface area contributed by atoms with Crippen molar-refractivity contribution in [3.63, 3.8) is 0 Å². The van der Waals surface area contributed by atoms with Gasteiger partial charge >= 0.3 is 0 Å². The van der Waals surface area contributed by atoms with Gasteiger partial charge in [0.1, 0.15) is 28.8 Å². The summed E-state index contributed by atoms with van der Waals surface area (Å²) < 4.78 is 38.9. The third-order valence-electron chi connectivity index (χ3n) is 4.99. The van der Waals surface area contributed by atoms with E-state index in [1.54, 1.807) is 35.2 Å². The Labute approximate surface area is 201 Å². The highest BCUT2D eigenvalue weighted by Crippen LogP contribution is 2.37. The minimum Gasteiger partial charge on any atom is -0.494 e. The molecule has 0 atom stereocenters. The molecule has 0 bridgehead atoms. The summed E-state index contributed by atoms with van der Waals surface area (Å²) in [5.74, 6) is 1.62. The summed E-state index contributed by atoms with van der Waals surface area (Å²) in [6.45, 7) is 3.75. The van der Waals surface area contributed by atoms with Crippen molar-refractivity contribution in [1.29, 1.82) is 0 Å². The number of sulfone groups is 1. The fraction of sp³-hybridized carbons (Fsp3) is 0.318. The molecular weight excluding hydrogens is 476 g/mol. The SMILES string of the molecule is COc1cccc(OC)c1-n1c(CS(=O)(=O)CCc2ncc(C)cn2)nnc1-c1nc(C)cs1. The van der Waals surface area contributed by atoms with Gasteiger partial charge in [-0.15, -0.1) is 21.5 Å². The first-order valence-corrected chi connectivity index (χ1v) is 13.1. The first kappa shape index (κ1) is 23.8. The summed E-state index contributed by atoms with van der Waals surface area (Å²) in [6.07, 6.45) is 3.54. The average molecular weight is 501 g/mol. The van der Waals surface area contributed by atoms with Crippen LogP contribution in [0.15, 0.2) is 36.0 Å². The quantitative estimate of drug-likeness (QED) is 0.341. The molecule has 4 aromatic rings. The molecule has 0 unspecified atom stereocenters. The Bertz CT molecular complexity index is 1380. The number of hydrogen-bond donors (Lipinski definition) is 0. The first-order chi connectivity index (χ1) is 16.3. The van der Waals surface area contributed by atoms with E-state index in [0.29, 0.717) is 33.8 Å². The van der Waals surface area contributed by atoms with Crippen LogP contribution in [0.2, 0.25) is 0 Å². The maximum absolute atomic E-state index is 13.1. The molecule has 178 valence electrons. The minimum atomic E-state index is -3.58. The van der Waals surface area contributed by atoms with Crippen molar-refractivity contribution in [3.05, 3.63) is 58.9 Å². The van der Waals surface area contributed by atoms with Crippen LogP contribution in [-0.2, 0) is 22.0 Å². The number of aryl methyl sites for hydroxylation is 3. The molecule has 0 saturated carbocycles. The average Bonchev–Trinajstić information content (AvgIpc) is 3.43. The van der Waals surface area contributed by atoms with Crippen molar-refractivity contribution in [1.82, 2.24) is 29.7 Å². The van der Waals surface area contributed by atoms with Gasteiger partial charge in [0.2, 0.25) is 0 Å². The Hall–Kier alpha value is -3.38. The highest BCUT2D eigenvalue weighted by Gasteiger charge is 2.26. The lowest BCUT2D eigenvalue weighted by molar-refractivity contribution is 0.391. The number of hydrogen-bond acceptors (Lipinski definition) is 10. The van der Waals surface area contributed by atoms with Gasteiger partial charge in [-0.05, 0) is 31.5 Å². The zero-order valence-corrected chi connectivity index (χ0v) is 20.9. The summed E-state index contributed by atoms with van der Waals surface area (Å²) in [6, 6.07) is 5.32. The molecule has 0 aliphatic carbocycles. The molecule has 3 heterocycles. The number of methoxy groups -OCH3 is 2. The number of nitrogens with zero attached hydrogens (tertiary/aromatic N) is 6. The molecule has 0 spiro atoms. The number of ether oxygens (including phenoxy) is 2. The summed E-state index contributed by atoms with van der Waals surface area (Å²) in [5, 5.41) is 11.0. The Morgan fingerprint density at radius 1 is 1.03 bits per heavy atom. The molecule has 4 rings (SSSR count). The van der Waals surface area contributed by atoms with Gasteiger partial charge in [-0.3, -0.25) is 4.57 Å². The Balaban J connectivity index is 1.75. The summed E-state index contributed by atoms with van der Waals surface area (Å²) in [7, 11) is -0.507. The second-order valence-electron chi connectivity index (χ2n) is 7.60.